The third-order valence-electron chi connectivity index (χ3n) is 13.2. The molecule has 2 heteroatoms. The van der Waals surface area contributed by atoms with Gasteiger partial charge in [-0.25, -0.2) is 0 Å². The first kappa shape index (κ1) is 36.2. The molecule has 0 aliphatic rings. The summed E-state index contributed by atoms with van der Waals surface area (Å²) in [4.78, 5) is 0. The minimum absolute atomic E-state index is 0.885. The second-order valence-corrected chi connectivity index (χ2v) is 16.8. The summed E-state index contributed by atoms with van der Waals surface area (Å²) in [5.41, 5.74) is 17.1. The first-order valence-corrected chi connectivity index (χ1v) is 22.0. The van der Waals surface area contributed by atoms with Crippen LogP contribution in [0.1, 0.15) is 0 Å². The van der Waals surface area contributed by atoms with E-state index in [0.29, 0.717) is 0 Å². The number of benzene rings is 11. The van der Waals surface area contributed by atoms with Crippen LogP contribution in [0.5, 0.6) is 0 Å². The minimum Gasteiger partial charge on any atom is -0.455 e. The Hall–Kier alpha value is -8.46. The average molecular weight is 814 g/mol. The maximum absolute atomic E-state index is 6.82. The van der Waals surface area contributed by atoms with Gasteiger partial charge < -0.3 is 8.98 Å². The van der Waals surface area contributed by atoms with E-state index in [1.807, 2.05) is 0 Å². The van der Waals surface area contributed by atoms with E-state index in [1.165, 1.54) is 76.8 Å². The summed E-state index contributed by atoms with van der Waals surface area (Å²) in [6.45, 7) is 0. The summed E-state index contributed by atoms with van der Waals surface area (Å²) >= 11 is 0. The van der Waals surface area contributed by atoms with Crippen molar-refractivity contribution in [3.63, 3.8) is 0 Å². The lowest BCUT2D eigenvalue weighted by Gasteiger charge is -2.18. The Morgan fingerprint density at radius 3 is 1.34 bits per heavy atom. The van der Waals surface area contributed by atoms with Gasteiger partial charge in [-0.2, -0.15) is 0 Å². The second-order valence-electron chi connectivity index (χ2n) is 16.8. The van der Waals surface area contributed by atoms with Crippen LogP contribution in [0.25, 0.3) is 127 Å². The summed E-state index contributed by atoms with van der Waals surface area (Å²) in [6.07, 6.45) is 0. The number of nitrogens with zero attached hydrogens (tertiary/aromatic N) is 1. The zero-order valence-electron chi connectivity index (χ0n) is 34.9. The Labute approximate surface area is 370 Å². The minimum atomic E-state index is 0.885. The molecular formula is C62H39NO. The Kier molecular flexibility index (Phi) is 8.25. The van der Waals surface area contributed by atoms with E-state index in [2.05, 4.69) is 241 Å². The number of hydrogen-bond acceptors (Lipinski definition) is 1. The Morgan fingerprint density at radius 1 is 0.266 bits per heavy atom. The molecule has 298 valence electrons. The van der Waals surface area contributed by atoms with Crippen LogP contribution in [0.2, 0.25) is 0 Å². The fraction of sp³-hybridized carbons (Fsp3) is 0. The van der Waals surface area contributed by atoms with Crippen LogP contribution in [0.15, 0.2) is 241 Å². The number of fused-ring (bicyclic) bond motifs is 8. The van der Waals surface area contributed by atoms with Gasteiger partial charge in [-0.1, -0.05) is 182 Å². The van der Waals surface area contributed by atoms with Gasteiger partial charge in [0.2, 0.25) is 0 Å². The molecule has 0 radical (unpaired) electrons. The summed E-state index contributed by atoms with van der Waals surface area (Å²) < 4.78 is 9.23. The fourth-order valence-corrected chi connectivity index (χ4v) is 10.3. The van der Waals surface area contributed by atoms with E-state index in [-0.39, 0.29) is 0 Å². The zero-order chi connectivity index (χ0) is 42.1. The monoisotopic (exact) mass is 813 g/mol. The molecule has 0 fully saturated rings. The molecule has 0 aliphatic carbocycles. The van der Waals surface area contributed by atoms with E-state index in [1.54, 1.807) is 0 Å². The van der Waals surface area contributed by atoms with Crippen LogP contribution in [-0.2, 0) is 0 Å². The number of rotatable bonds is 6. The normalized spacial score (nSPS) is 11.8. The predicted molar refractivity (Wildman–Crippen MR) is 270 cm³/mol. The molecule has 0 atom stereocenters. The molecular weight excluding hydrogens is 775 g/mol. The summed E-state index contributed by atoms with van der Waals surface area (Å²) in [5.74, 6) is 0. The molecule has 13 rings (SSSR count). The van der Waals surface area contributed by atoms with Crippen LogP contribution in [0, 0.1) is 0 Å². The van der Waals surface area contributed by atoms with E-state index < -0.39 is 0 Å². The molecule has 0 N–H and O–H groups in total. The highest BCUT2D eigenvalue weighted by Crippen LogP contribution is 2.45. The highest BCUT2D eigenvalue weighted by molar-refractivity contribution is 6.21. The van der Waals surface area contributed by atoms with E-state index in [9.17, 15) is 0 Å². The van der Waals surface area contributed by atoms with Crippen molar-refractivity contribution in [1.82, 2.24) is 4.57 Å². The average Bonchev–Trinajstić information content (AvgIpc) is 3.91. The van der Waals surface area contributed by atoms with Gasteiger partial charge in [-0.05, 0) is 126 Å². The van der Waals surface area contributed by atoms with Crippen molar-refractivity contribution in [2.45, 2.75) is 0 Å². The highest BCUT2D eigenvalue weighted by atomic mass is 16.3. The first-order valence-electron chi connectivity index (χ1n) is 22.0. The molecule has 2 heterocycles. The molecule has 11 aromatic carbocycles. The SMILES string of the molecule is c1ccc(-c2ccc3oc4c(-c5ccc6c(c5)c5ccccc5n6-c5ccc(-c6c7ccccc7c(-c7ccccc7)c7ccccc67)cc5)cc(-c5ccccc5)cc4c3c2)cc1. The van der Waals surface area contributed by atoms with Gasteiger partial charge in [0.15, 0.2) is 0 Å². The highest BCUT2D eigenvalue weighted by Gasteiger charge is 2.20. The van der Waals surface area contributed by atoms with Gasteiger partial charge in [0.05, 0.1) is 11.0 Å². The lowest BCUT2D eigenvalue weighted by molar-refractivity contribution is 0.670. The number of hydrogen-bond donors (Lipinski definition) is 0. The Morgan fingerprint density at radius 2 is 0.719 bits per heavy atom. The van der Waals surface area contributed by atoms with Crippen molar-refractivity contribution in [1.29, 1.82) is 0 Å². The zero-order valence-corrected chi connectivity index (χ0v) is 34.9. The molecule has 0 spiro atoms. The number of furan rings is 1. The van der Waals surface area contributed by atoms with Crippen LogP contribution in [-0.4, -0.2) is 4.57 Å². The van der Waals surface area contributed by atoms with Crippen LogP contribution in [0.4, 0.5) is 0 Å². The van der Waals surface area contributed by atoms with Gasteiger partial charge in [0.1, 0.15) is 11.2 Å². The molecule has 13 aromatic rings. The Bertz CT molecular complexity index is 3860. The second kappa shape index (κ2) is 14.6. The summed E-state index contributed by atoms with van der Waals surface area (Å²) in [7, 11) is 0. The molecule has 2 nitrogen and oxygen atoms in total. The van der Waals surface area contributed by atoms with Gasteiger partial charge in [-0.3, -0.25) is 0 Å². The molecule has 0 amide bonds. The quantitative estimate of drug-likeness (QED) is 0.153. The van der Waals surface area contributed by atoms with E-state index in [4.69, 9.17) is 4.42 Å². The molecule has 0 saturated carbocycles. The number of para-hydroxylation sites is 1. The summed E-state index contributed by atoms with van der Waals surface area (Å²) in [6, 6.07) is 85.8. The van der Waals surface area contributed by atoms with Crippen molar-refractivity contribution in [2.24, 2.45) is 0 Å². The Balaban J connectivity index is 0.972. The van der Waals surface area contributed by atoms with Crippen molar-refractivity contribution in [3.8, 4) is 61.3 Å². The molecule has 0 unspecified atom stereocenters. The fourth-order valence-electron chi connectivity index (χ4n) is 10.3. The third-order valence-corrected chi connectivity index (χ3v) is 13.2. The van der Waals surface area contributed by atoms with Crippen molar-refractivity contribution in [2.75, 3.05) is 0 Å². The summed E-state index contributed by atoms with van der Waals surface area (Å²) in [5, 5.41) is 9.67. The lowest BCUT2D eigenvalue weighted by Crippen LogP contribution is -1.94. The molecule has 0 saturated heterocycles. The van der Waals surface area contributed by atoms with Gasteiger partial charge >= 0.3 is 0 Å². The van der Waals surface area contributed by atoms with E-state index >= 15 is 0 Å². The van der Waals surface area contributed by atoms with E-state index in [0.717, 1.165) is 49.8 Å². The molecule has 0 bridgehead atoms. The third kappa shape index (κ3) is 5.73. The number of aromatic nitrogens is 1. The maximum Gasteiger partial charge on any atom is 0.143 e. The van der Waals surface area contributed by atoms with Gasteiger partial charge in [0, 0.05) is 32.8 Å². The van der Waals surface area contributed by atoms with Crippen LogP contribution >= 0.6 is 0 Å². The van der Waals surface area contributed by atoms with Crippen molar-refractivity contribution < 1.29 is 4.42 Å². The smallest absolute Gasteiger partial charge is 0.143 e. The van der Waals surface area contributed by atoms with Crippen molar-refractivity contribution in [3.05, 3.63) is 237 Å². The standard InChI is InChI=1S/C62H39NO/c1-4-16-40(17-5-1)44-31-35-59-55(36-44)56-39-46(41-18-6-2-7-19-41)38-53(62(56)64-59)45-30-34-58-54(37-45)48-22-14-15-27-57(48)63(58)47-32-28-43(29-33-47)61-51-25-12-10-23-49(51)60(42-20-8-3-9-21-42)50-24-11-13-26-52(50)61/h1-39H. The largest absolute Gasteiger partial charge is 0.455 e. The molecule has 2 aromatic heterocycles. The van der Waals surface area contributed by atoms with Gasteiger partial charge in [-0.15, -0.1) is 0 Å². The maximum atomic E-state index is 6.82. The predicted octanol–water partition coefficient (Wildman–Crippen LogP) is 17.3. The van der Waals surface area contributed by atoms with Gasteiger partial charge in [0.25, 0.3) is 0 Å². The van der Waals surface area contributed by atoms with Crippen LogP contribution < -0.4 is 0 Å². The first-order chi connectivity index (χ1) is 31.7. The van der Waals surface area contributed by atoms with Crippen molar-refractivity contribution >= 4 is 65.3 Å². The van der Waals surface area contributed by atoms with Crippen LogP contribution in [0.3, 0.4) is 0 Å². The molecule has 0 aliphatic heterocycles. The molecule has 64 heavy (non-hydrogen) atoms. The topological polar surface area (TPSA) is 18.1 Å². The lowest BCUT2D eigenvalue weighted by atomic mass is 9.86.